The first-order valence-corrected chi connectivity index (χ1v) is 9.97. The summed E-state index contributed by atoms with van der Waals surface area (Å²) in [6.07, 6.45) is 1.10. The highest BCUT2D eigenvalue weighted by Gasteiger charge is 2.22. The van der Waals surface area contributed by atoms with Gasteiger partial charge in [0.25, 0.3) is 5.91 Å². The Labute approximate surface area is 146 Å². The van der Waals surface area contributed by atoms with Crippen molar-refractivity contribution in [3.8, 4) is 0 Å². The van der Waals surface area contributed by atoms with Gasteiger partial charge in [0.15, 0.2) is 5.13 Å². The molecule has 24 heavy (non-hydrogen) atoms. The Hall–Kier alpha value is -1.93. The van der Waals surface area contributed by atoms with Gasteiger partial charge in [0.2, 0.25) is 10.0 Å². The molecule has 1 N–H and O–H groups in total. The Bertz CT molecular complexity index is 878. The SMILES string of the molecule is Cc1cc(C)c(NC(=O)c2sc(N(C)S(C)(=O)=O)nc2C)c(C)c1. The Kier molecular flexibility index (Phi) is 5.00. The van der Waals surface area contributed by atoms with Crippen LogP contribution >= 0.6 is 11.3 Å². The lowest BCUT2D eigenvalue weighted by atomic mass is 10.1. The van der Waals surface area contributed by atoms with Crippen LogP contribution < -0.4 is 9.62 Å². The highest BCUT2D eigenvalue weighted by molar-refractivity contribution is 7.92. The lowest BCUT2D eigenvalue weighted by Gasteiger charge is -2.12. The molecule has 130 valence electrons. The van der Waals surface area contributed by atoms with Crippen molar-refractivity contribution in [1.29, 1.82) is 0 Å². The lowest BCUT2D eigenvalue weighted by molar-refractivity contribution is 0.102. The van der Waals surface area contributed by atoms with E-state index in [0.717, 1.165) is 44.3 Å². The molecule has 1 aromatic heterocycles. The number of aromatic nitrogens is 1. The van der Waals surface area contributed by atoms with Crippen LogP contribution in [-0.2, 0) is 10.0 Å². The van der Waals surface area contributed by atoms with Crippen LogP contribution in [0.2, 0.25) is 0 Å². The van der Waals surface area contributed by atoms with E-state index >= 15 is 0 Å². The van der Waals surface area contributed by atoms with E-state index in [1.54, 1.807) is 6.92 Å². The molecule has 6 nitrogen and oxygen atoms in total. The van der Waals surface area contributed by atoms with E-state index in [2.05, 4.69) is 10.3 Å². The minimum absolute atomic E-state index is 0.275. The molecule has 2 rings (SSSR count). The number of rotatable bonds is 4. The number of anilines is 2. The monoisotopic (exact) mass is 367 g/mol. The maximum absolute atomic E-state index is 12.6. The first-order chi connectivity index (χ1) is 11.0. The normalized spacial score (nSPS) is 11.4. The third-order valence-corrected chi connectivity index (χ3v) is 6.19. The maximum Gasteiger partial charge on any atom is 0.267 e. The van der Waals surface area contributed by atoms with Gasteiger partial charge in [0, 0.05) is 12.7 Å². The van der Waals surface area contributed by atoms with Gasteiger partial charge in [-0.05, 0) is 38.8 Å². The lowest BCUT2D eigenvalue weighted by Crippen LogP contribution is -2.24. The van der Waals surface area contributed by atoms with Gasteiger partial charge in [-0.1, -0.05) is 29.0 Å². The van der Waals surface area contributed by atoms with Crippen molar-refractivity contribution in [2.45, 2.75) is 27.7 Å². The second-order valence-electron chi connectivity index (χ2n) is 5.87. The van der Waals surface area contributed by atoms with Crippen LogP contribution in [0.25, 0.3) is 0 Å². The predicted molar refractivity (Wildman–Crippen MR) is 98.7 cm³/mol. The van der Waals surface area contributed by atoms with Gasteiger partial charge in [-0.2, -0.15) is 0 Å². The minimum Gasteiger partial charge on any atom is -0.321 e. The van der Waals surface area contributed by atoms with E-state index in [9.17, 15) is 13.2 Å². The molecule has 0 bridgehead atoms. The van der Waals surface area contributed by atoms with Gasteiger partial charge >= 0.3 is 0 Å². The van der Waals surface area contributed by atoms with Crippen LogP contribution in [0.3, 0.4) is 0 Å². The van der Waals surface area contributed by atoms with Crippen molar-refractivity contribution in [3.05, 3.63) is 39.4 Å². The van der Waals surface area contributed by atoms with Crippen LogP contribution in [0.5, 0.6) is 0 Å². The fourth-order valence-corrected chi connectivity index (χ4v) is 4.09. The highest BCUT2D eigenvalue weighted by atomic mass is 32.2. The Morgan fingerprint density at radius 2 is 1.71 bits per heavy atom. The molecule has 1 aromatic carbocycles. The molecule has 8 heteroatoms. The van der Waals surface area contributed by atoms with Gasteiger partial charge in [0.05, 0.1) is 11.9 Å². The number of sulfonamides is 1. The Morgan fingerprint density at radius 3 is 2.21 bits per heavy atom. The second-order valence-corrected chi connectivity index (χ2v) is 8.86. The summed E-state index contributed by atoms with van der Waals surface area (Å²) in [6, 6.07) is 4.01. The second kappa shape index (κ2) is 6.52. The van der Waals surface area contributed by atoms with Gasteiger partial charge in [-0.15, -0.1) is 0 Å². The highest BCUT2D eigenvalue weighted by Crippen LogP contribution is 2.29. The smallest absolute Gasteiger partial charge is 0.267 e. The molecule has 0 fully saturated rings. The van der Waals surface area contributed by atoms with Crippen LogP contribution in [0.15, 0.2) is 12.1 Å². The summed E-state index contributed by atoms with van der Waals surface area (Å²) in [4.78, 5) is 17.2. The summed E-state index contributed by atoms with van der Waals surface area (Å²) in [5.41, 5.74) is 4.38. The van der Waals surface area contributed by atoms with E-state index in [0.29, 0.717) is 10.6 Å². The number of hydrogen-bond donors (Lipinski definition) is 1. The van der Waals surface area contributed by atoms with Crippen LogP contribution in [-0.4, -0.2) is 32.6 Å². The first kappa shape index (κ1) is 18.4. The van der Waals surface area contributed by atoms with Crippen LogP contribution in [0, 0.1) is 27.7 Å². The molecule has 0 saturated carbocycles. The van der Waals surface area contributed by atoms with Crippen molar-refractivity contribution in [3.63, 3.8) is 0 Å². The number of carbonyl (C=O) groups excluding carboxylic acids is 1. The van der Waals surface area contributed by atoms with E-state index in [1.165, 1.54) is 7.05 Å². The number of benzene rings is 1. The predicted octanol–water partition coefficient (Wildman–Crippen LogP) is 3.02. The van der Waals surface area contributed by atoms with E-state index in [-0.39, 0.29) is 11.0 Å². The molecule has 0 aliphatic carbocycles. The molecular formula is C16H21N3O3S2. The quantitative estimate of drug-likeness (QED) is 0.901. The molecule has 0 unspecified atom stereocenters. The number of nitrogens with one attached hydrogen (secondary N) is 1. The molecule has 0 atom stereocenters. The summed E-state index contributed by atoms with van der Waals surface area (Å²) < 4.78 is 24.3. The zero-order valence-corrected chi connectivity index (χ0v) is 16.2. The van der Waals surface area contributed by atoms with E-state index in [1.807, 2.05) is 32.9 Å². The van der Waals surface area contributed by atoms with E-state index < -0.39 is 10.0 Å². The largest absolute Gasteiger partial charge is 0.321 e. The zero-order valence-electron chi connectivity index (χ0n) is 14.6. The molecule has 2 aromatic rings. The van der Waals surface area contributed by atoms with Crippen LogP contribution in [0.4, 0.5) is 10.8 Å². The summed E-state index contributed by atoms with van der Waals surface area (Å²) in [5.74, 6) is -0.284. The first-order valence-electron chi connectivity index (χ1n) is 7.31. The van der Waals surface area contributed by atoms with Gasteiger partial charge in [-0.3, -0.25) is 4.79 Å². The Balaban J connectivity index is 2.34. The summed E-state index contributed by atoms with van der Waals surface area (Å²) in [6.45, 7) is 7.59. The molecule has 0 radical (unpaired) electrons. The maximum atomic E-state index is 12.6. The van der Waals surface area contributed by atoms with Crippen LogP contribution in [0.1, 0.15) is 32.1 Å². The fraction of sp³-hybridized carbons (Fsp3) is 0.375. The van der Waals surface area contributed by atoms with Gasteiger partial charge < -0.3 is 5.32 Å². The number of nitrogens with zero attached hydrogens (tertiary/aromatic N) is 2. The third kappa shape index (κ3) is 3.76. The van der Waals surface area contributed by atoms with Gasteiger partial charge in [0.1, 0.15) is 4.88 Å². The van der Waals surface area contributed by atoms with E-state index in [4.69, 9.17) is 0 Å². The molecule has 1 heterocycles. The minimum atomic E-state index is -3.41. The molecule has 0 aliphatic heterocycles. The fourth-order valence-electron chi connectivity index (χ4n) is 2.42. The average molecular weight is 367 g/mol. The Morgan fingerprint density at radius 1 is 1.17 bits per heavy atom. The number of carbonyl (C=O) groups is 1. The van der Waals surface area contributed by atoms with Crippen molar-refractivity contribution < 1.29 is 13.2 Å². The van der Waals surface area contributed by atoms with Crippen molar-refractivity contribution in [2.75, 3.05) is 22.9 Å². The topological polar surface area (TPSA) is 79.4 Å². The standard InChI is InChI=1S/C16H21N3O3S2/c1-9-7-10(2)13(11(3)8-9)18-15(20)14-12(4)17-16(23-14)19(5)24(6,21)22/h7-8H,1-6H3,(H,18,20). The summed E-state index contributed by atoms with van der Waals surface area (Å²) in [7, 11) is -1.99. The molecule has 0 spiro atoms. The zero-order chi connectivity index (χ0) is 18.2. The van der Waals surface area contributed by atoms with Crippen molar-refractivity contribution in [2.24, 2.45) is 0 Å². The number of amides is 1. The number of thiazole rings is 1. The molecule has 1 amide bonds. The van der Waals surface area contributed by atoms with Gasteiger partial charge in [-0.25, -0.2) is 17.7 Å². The molecule has 0 saturated heterocycles. The van der Waals surface area contributed by atoms with Crippen molar-refractivity contribution in [1.82, 2.24) is 4.98 Å². The van der Waals surface area contributed by atoms with Crippen molar-refractivity contribution >= 4 is 38.1 Å². The molecule has 0 aliphatic rings. The summed E-state index contributed by atoms with van der Waals surface area (Å²) >= 11 is 1.06. The molecular weight excluding hydrogens is 346 g/mol. The number of aryl methyl sites for hydroxylation is 4. The number of hydrogen-bond acceptors (Lipinski definition) is 5. The third-order valence-electron chi connectivity index (χ3n) is 3.67. The average Bonchev–Trinajstić information content (AvgIpc) is 2.82. The summed E-state index contributed by atoms with van der Waals surface area (Å²) in [5, 5.41) is 3.19.